The standard InChI is InChI=1S/C30H32N2O7/c33-25-14-12-23(24-13-15-27(35)32-28(24)25)26(34)19-31-16-5-2-6-17-39-22-11-7-10-21(18-22)30(38,29(36)37)20-8-3-1-4-9-20/h1,3-4,7-15,18,26,31,33-34,38H,2,5-6,16-17,19H2,(H,32,35)(H,36,37)/t26-,30+/m0/s1. The minimum Gasteiger partial charge on any atom is -0.506 e. The van der Waals surface area contributed by atoms with E-state index in [1.54, 1.807) is 66.7 Å². The number of H-pyrrole nitrogens is 1. The van der Waals surface area contributed by atoms with E-state index >= 15 is 0 Å². The van der Waals surface area contributed by atoms with Gasteiger partial charge in [-0.05, 0) is 61.2 Å². The summed E-state index contributed by atoms with van der Waals surface area (Å²) in [5.41, 5.74) is -1.11. The van der Waals surface area contributed by atoms with Gasteiger partial charge in [-0.2, -0.15) is 0 Å². The third-order valence-electron chi connectivity index (χ3n) is 6.62. The van der Waals surface area contributed by atoms with Crippen molar-refractivity contribution in [1.29, 1.82) is 0 Å². The van der Waals surface area contributed by atoms with Crippen LogP contribution in [0.2, 0.25) is 0 Å². The Hall–Kier alpha value is -4.18. The Bertz CT molecular complexity index is 1470. The number of rotatable bonds is 13. The van der Waals surface area contributed by atoms with Gasteiger partial charge in [-0.25, -0.2) is 4.79 Å². The smallest absolute Gasteiger partial charge is 0.345 e. The van der Waals surface area contributed by atoms with Gasteiger partial charge in [0.15, 0.2) is 0 Å². The van der Waals surface area contributed by atoms with Crippen molar-refractivity contribution < 1.29 is 30.0 Å². The molecule has 3 aromatic carbocycles. The molecular formula is C30H32N2O7. The Morgan fingerprint density at radius 3 is 2.49 bits per heavy atom. The molecule has 4 aromatic rings. The summed E-state index contributed by atoms with van der Waals surface area (Å²) >= 11 is 0. The van der Waals surface area contributed by atoms with Crippen LogP contribution in [0.1, 0.15) is 42.1 Å². The zero-order chi connectivity index (χ0) is 27.8. The lowest BCUT2D eigenvalue weighted by atomic mass is 9.86. The number of aromatic amines is 1. The number of unbranched alkanes of at least 4 members (excludes halogenated alkanes) is 2. The summed E-state index contributed by atoms with van der Waals surface area (Å²) in [6.45, 7) is 1.43. The van der Waals surface area contributed by atoms with Crippen molar-refractivity contribution in [2.75, 3.05) is 19.7 Å². The SMILES string of the molecule is O=C(O)[C@@](O)(c1ccccc1)c1cccc(OCCCCCNC[C@H](O)c2ccc(O)c3[nH]c(=O)ccc23)c1. The Morgan fingerprint density at radius 2 is 1.72 bits per heavy atom. The van der Waals surface area contributed by atoms with Crippen LogP contribution in [-0.2, 0) is 10.4 Å². The van der Waals surface area contributed by atoms with Gasteiger partial charge in [0.05, 0.1) is 18.2 Å². The monoisotopic (exact) mass is 532 g/mol. The third-order valence-corrected chi connectivity index (χ3v) is 6.62. The zero-order valence-corrected chi connectivity index (χ0v) is 21.3. The number of carboxylic acid groups (broad SMARTS) is 1. The van der Waals surface area contributed by atoms with E-state index in [9.17, 15) is 30.0 Å². The number of hydrogen-bond acceptors (Lipinski definition) is 7. The van der Waals surface area contributed by atoms with Crippen molar-refractivity contribution in [2.45, 2.75) is 31.0 Å². The topological polar surface area (TPSA) is 152 Å². The molecule has 0 amide bonds. The number of phenols is 1. The molecule has 0 aliphatic heterocycles. The number of ether oxygens (including phenoxy) is 1. The van der Waals surface area contributed by atoms with E-state index < -0.39 is 17.7 Å². The molecule has 1 heterocycles. The molecule has 2 atom stereocenters. The summed E-state index contributed by atoms with van der Waals surface area (Å²) in [5, 5.41) is 45.2. The number of hydrogen-bond donors (Lipinski definition) is 6. The molecule has 0 aliphatic rings. The fourth-order valence-corrected chi connectivity index (χ4v) is 4.52. The summed E-state index contributed by atoms with van der Waals surface area (Å²) in [4.78, 5) is 26.2. The highest BCUT2D eigenvalue weighted by atomic mass is 16.5. The van der Waals surface area contributed by atoms with Crippen molar-refractivity contribution in [1.82, 2.24) is 10.3 Å². The van der Waals surface area contributed by atoms with Crippen LogP contribution in [0, 0.1) is 0 Å². The van der Waals surface area contributed by atoms with Crippen LogP contribution >= 0.6 is 0 Å². The summed E-state index contributed by atoms with van der Waals surface area (Å²) in [6, 6.07) is 20.8. The van der Waals surface area contributed by atoms with Gasteiger partial charge in [0.1, 0.15) is 11.5 Å². The normalized spacial score (nSPS) is 13.6. The zero-order valence-electron chi connectivity index (χ0n) is 21.3. The molecule has 0 saturated carbocycles. The van der Waals surface area contributed by atoms with Gasteiger partial charge < -0.3 is 35.5 Å². The van der Waals surface area contributed by atoms with Crippen molar-refractivity contribution >= 4 is 16.9 Å². The molecule has 0 bridgehead atoms. The highest BCUT2D eigenvalue weighted by Crippen LogP contribution is 2.32. The number of aromatic hydroxyl groups is 1. The number of carboxylic acids is 1. The summed E-state index contributed by atoms with van der Waals surface area (Å²) < 4.78 is 5.81. The second-order valence-electron chi connectivity index (χ2n) is 9.32. The molecule has 0 saturated heterocycles. The van der Waals surface area contributed by atoms with Crippen LogP contribution in [0.5, 0.6) is 11.5 Å². The molecule has 0 radical (unpaired) electrons. The van der Waals surface area contributed by atoms with Gasteiger partial charge in [-0.15, -0.1) is 0 Å². The highest BCUT2D eigenvalue weighted by molar-refractivity contribution is 5.87. The quantitative estimate of drug-likeness (QED) is 0.143. The predicted molar refractivity (Wildman–Crippen MR) is 147 cm³/mol. The Kier molecular flexibility index (Phi) is 8.98. The first-order valence-corrected chi connectivity index (χ1v) is 12.8. The van der Waals surface area contributed by atoms with E-state index in [4.69, 9.17) is 4.74 Å². The molecular weight excluding hydrogens is 500 g/mol. The molecule has 0 fully saturated rings. The number of carbonyl (C=O) groups is 1. The number of aromatic nitrogens is 1. The second-order valence-corrected chi connectivity index (χ2v) is 9.32. The van der Waals surface area contributed by atoms with E-state index in [0.29, 0.717) is 41.9 Å². The van der Waals surface area contributed by atoms with Gasteiger partial charge >= 0.3 is 5.97 Å². The predicted octanol–water partition coefficient (Wildman–Crippen LogP) is 3.43. The number of aliphatic hydroxyl groups excluding tert-OH is 1. The Balaban J connectivity index is 1.22. The lowest BCUT2D eigenvalue weighted by Crippen LogP contribution is -2.36. The van der Waals surface area contributed by atoms with Crippen LogP contribution < -0.4 is 15.6 Å². The van der Waals surface area contributed by atoms with Gasteiger partial charge in [0, 0.05) is 23.6 Å². The van der Waals surface area contributed by atoms with Gasteiger partial charge in [0.2, 0.25) is 11.2 Å². The van der Waals surface area contributed by atoms with Gasteiger partial charge in [0.25, 0.3) is 0 Å². The second kappa shape index (κ2) is 12.6. The van der Waals surface area contributed by atoms with Crippen LogP contribution in [-0.4, -0.2) is 51.1 Å². The third kappa shape index (κ3) is 6.46. The molecule has 6 N–H and O–H groups in total. The summed E-state index contributed by atoms with van der Waals surface area (Å²) in [6.07, 6.45) is 1.68. The number of aliphatic carboxylic acids is 1. The largest absolute Gasteiger partial charge is 0.506 e. The van der Waals surface area contributed by atoms with Gasteiger partial charge in [-0.1, -0.05) is 48.5 Å². The van der Waals surface area contributed by atoms with Crippen LogP contribution in [0.3, 0.4) is 0 Å². The fraction of sp³-hybridized carbons (Fsp3) is 0.267. The number of aliphatic hydroxyl groups is 2. The van der Waals surface area contributed by atoms with Crippen molar-refractivity contribution in [3.8, 4) is 11.5 Å². The number of fused-ring (bicyclic) bond motifs is 1. The van der Waals surface area contributed by atoms with Crippen LogP contribution in [0.4, 0.5) is 0 Å². The lowest BCUT2D eigenvalue weighted by Gasteiger charge is -2.25. The molecule has 0 spiro atoms. The Labute approximate surface area is 225 Å². The number of nitrogens with one attached hydrogen (secondary N) is 2. The van der Waals surface area contributed by atoms with E-state index in [1.807, 2.05) is 0 Å². The number of pyridine rings is 1. The van der Waals surface area contributed by atoms with Crippen LogP contribution in [0.15, 0.2) is 83.7 Å². The maximum Gasteiger partial charge on any atom is 0.345 e. The van der Waals surface area contributed by atoms with Gasteiger partial charge in [-0.3, -0.25) is 4.79 Å². The molecule has 4 rings (SSSR count). The molecule has 39 heavy (non-hydrogen) atoms. The molecule has 0 aliphatic carbocycles. The van der Waals surface area contributed by atoms with E-state index in [0.717, 1.165) is 19.3 Å². The molecule has 204 valence electrons. The van der Waals surface area contributed by atoms with Crippen molar-refractivity contribution in [2.24, 2.45) is 0 Å². The first kappa shape index (κ1) is 27.8. The molecule has 0 unspecified atom stereocenters. The number of benzene rings is 3. The lowest BCUT2D eigenvalue weighted by molar-refractivity contribution is -0.155. The van der Waals surface area contributed by atoms with E-state index in [1.165, 1.54) is 12.1 Å². The maximum absolute atomic E-state index is 12.0. The van der Waals surface area contributed by atoms with Crippen LogP contribution in [0.25, 0.3) is 10.9 Å². The minimum atomic E-state index is -2.18. The summed E-state index contributed by atoms with van der Waals surface area (Å²) in [5.74, 6) is -0.932. The van der Waals surface area contributed by atoms with E-state index in [2.05, 4.69) is 10.3 Å². The molecule has 9 heteroatoms. The minimum absolute atomic E-state index is 0.0469. The van der Waals surface area contributed by atoms with E-state index in [-0.39, 0.29) is 22.4 Å². The first-order chi connectivity index (χ1) is 18.8. The van der Waals surface area contributed by atoms with Crippen molar-refractivity contribution in [3.63, 3.8) is 0 Å². The van der Waals surface area contributed by atoms with Crippen molar-refractivity contribution in [3.05, 3.63) is 106 Å². The number of phenolic OH excluding ortho intramolecular Hbond substituents is 1. The molecule has 1 aromatic heterocycles. The maximum atomic E-state index is 12.0. The Morgan fingerprint density at radius 1 is 0.949 bits per heavy atom. The highest BCUT2D eigenvalue weighted by Gasteiger charge is 2.40. The average Bonchev–Trinajstić information content (AvgIpc) is 2.94. The fourth-order valence-electron chi connectivity index (χ4n) is 4.52. The molecule has 9 nitrogen and oxygen atoms in total. The summed E-state index contributed by atoms with van der Waals surface area (Å²) in [7, 11) is 0. The average molecular weight is 533 g/mol. The first-order valence-electron chi connectivity index (χ1n) is 12.8.